The summed E-state index contributed by atoms with van der Waals surface area (Å²) in [6.07, 6.45) is 6.35. The van der Waals surface area contributed by atoms with E-state index in [1.54, 1.807) is 6.92 Å². The standard InChI is InChI=1S/C21H26FN3O5S/c1-15-20(29-16-7-10-25(11-8-16)9-3-4-12-26)23-14-24-21(15)30-19-6-5-17(13-18(19)22)31(2,27)28/h5-6,12-14,16H,3-4,7-11H2,1-2H3. The zero-order chi connectivity index (χ0) is 22.4. The summed E-state index contributed by atoms with van der Waals surface area (Å²) in [6, 6.07) is 3.46. The Morgan fingerprint density at radius 3 is 2.58 bits per heavy atom. The molecular formula is C21H26FN3O5S. The van der Waals surface area contributed by atoms with Crippen LogP contribution in [0.3, 0.4) is 0 Å². The highest BCUT2D eigenvalue weighted by Crippen LogP contribution is 2.31. The second kappa shape index (κ2) is 10.1. The quantitative estimate of drug-likeness (QED) is 0.424. The lowest BCUT2D eigenvalue weighted by Crippen LogP contribution is -2.38. The Morgan fingerprint density at radius 2 is 1.94 bits per heavy atom. The molecule has 8 nitrogen and oxygen atoms in total. The molecule has 0 unspecified atom stereocenters. The van der Waals surface area contributed by atoms with E-state index in [0.717, 1.165) is 57.5 Å². The summed E-state index contributed by atoms with van der Waals surface area (Å²) in [7, 11) is -3.52. The molecule has 0 atom stereocenters. The molecule has 1 aromatic heterocycles. The first kappa shape index (κ1) is 23.1. The van der Waals surface area contributed by atoms with E-state index in [4.69, 9.17) is 9.47 Å². The fourth-order valence-electron chi connectivity index (χ4n) is 3.35. The Labute approximate surface area is 181 Å². The third-order valence-corrected chi connectivity index (χ3v) is 6.25. The van der Waals surface area contributed by atoms with Crippen LogP contribution in [0, 0.1) is 12.7 Å². The van der Waals surface area contributed by atoms with Crippen LogP contribution in [-0.4, -0.2) is 61.6 Å². The van der Waals surface area contributed by atoms with E-state index in [-0.39, 0.29) is 22.6 Å². The number of aromatic nitrogens is 2. The Kier molecular flexibility index (Phi) is 7.55. The molecule has 1 saturated heterocycles. The first-order chi connectivity index (χ1) is 14.8. The maximum absolute atomic E-state index is 14.3. The van der Waals surface area contributed by atoms with Crippen molar-refractivity contribution in [3.8, 4) is 17.5 Å². The average molecular weight is 452 g/mol. The number of sulfone groups is 1. The van der Waals surface area contributed by atoms with Gasteiger partial charge in [0.05, 0.1) is 10.5 Å². The van der Waals surface area contributed by atoms with Gasteiger partial charge in [-0.1, -0.05) is 0 Å². The predicted octanol–water partition coefficient (Wildman–Crippen LogP) is 2.94. The van der Waals surface area contributed by atoms with Crippen molar-refractivity contribution in [3.05, 3.63) is 35.9 Å². The molecule has 1 aromatic carbocycles. The molecule has 0 N–H and O–H groups in total. The number of ether oxygens (including phenoxy) is 2. The van der Waals surface area contributed by atoms with Crippen molar-refractivity contribution in [2.45, 2.75) is 43.6 Å². The average Bonchev–Trinajstić information content (AvgIpc) is 2.73. The second-order valence-electron chi connectivity index (χ2n) is 7.54. The number of aldehydes is 1. The summed E-state index contributed by atoms with van der Waals surface area (Å²) in [5.41, 5.74) is 0.530. The summed E-state index contributed by atoms with van der Waals surface area (Å²) >= 11 is 0. The van der Waals surface area contributed by atoms with E-state index >= 15 is 0 Å². The Hall–Kier alpha value is -2.59. The SMILES string of the molecule is Cc1c(Oc2ccc(S(C)(=O)=O)cc2F)ncnc1OC1CCN(CCCC=O)CC1. The van der Waals surface area contributed by atoms with Crippen LogP contribution in [0.15, 0.2) is 29.4 Å². The topological polar surface area (TPSA) is 98.7 Å². The number of carbonyl (C=O) groups is 1. The lowest BCUT2D eigenvalue weighted by molar-refractivity contribution is -0.108. The molecule has 1 aliphatic heterocycles. The molecular weight excluding hydrogens is 425 g/mol. The number of nitrogens with zero attached hydrogens (tertiary/aromatic N) is 3. The van der Waals surface area contributed by atoms with Gasteiger partial charge in [-0.3, -0.25) is 0 Å². The van der Waals surface area contributed by atoms with Crippen LogP contribution in [0.5, 0.6) is 17.5 Å². The number of halogens is 1. The highest BCUT2D eigenvalue weighted by molar-refractivity contribution is 7.90. The minimum atomic E-state index is -3.52. The number of rotatable bonds is 9. The van der Waals surface area contributed by atoms with E-state index in [1.807, 2.05) is 0 Å². The molecule has 10 heteroatoms. The summed E-state index contributed by atoms with van der Waals surface area (Å²) in [6.45, 7) is 4.39. The first-order valence-corrected chi connectivity index (χ1v) is 12.0. The third kappa shape index (κ3) is 6.20. The fraction of sp³-hybridized carbons (Fsp3) is 0.476. The minimum Gasteiger partial charge on any atom is -0.474 e. The lowest BCUT2D eigenvalue weighted by Gasteiger charge is -2.32. The molecule has 1 fully saturated rings. The second-order valence-corrected chi connectivity index (χ2v) is 9.56. The smallest absolute Gasteiger partial charge is 0.229 e. The molecule has 0 saturated carbocycles. The molecule has 2 aromatic rings. The molecule has 0 bridgehead atoms. The fourth-order valence-corrected chi connectivity index (χ4v) is 3.98. The van der Waals surface area contributed by atoms with Crippen molar-refractivity contribution >= 4 is 16.1 Å². The third-order valence-electron chi connectivity index (χ3n) is 5.14. The number of likely N-dealkylation sites (tertiary alicyclic amines) is 1. The predicted molar refractivity (Wildman–Crippen MR) is 112 cm³/mol. The Bertz CT molecular complexity index is 1020. The summed E-state index contributed by atoms with van der Waals surface area (Å²) in [4.78, 5) is 20.9. The highest BCUT2D eigenvalue weighted by Gasteiger charge is 2.22. The largest absolute Gasteiger partial charge is 0.474 e. The van der Waals surface area contributed by atoms with Gasteiger partial charge in [0.1, 0.15) is 18.7 Å². The molecule has 0 spiro atoms. The van der Waals surface area contributed by atoms with Crippen LogP contribution >= 0.6 is 0 Å². The van der Waals surface area contributed by atoms with E-state index in [2.05, 4.69) is 14.9 Å². The molecule has 1 aliphatic rings. The maximum atomic E-state index is 14.3. The monoisotopic (exact) mass is 451 g/mol. The van der Waals surface area contributed by atoms with Crippen LogP contribution in [0.4, 0.5) is 4.39 Å². The van der Waals surface area contributed by atoms with Gasteiger partial charge in [-0.25, -0.2) is 22.8 Å². The van der Waals surface area contributed by atoms with Gasteiger partial charge in [-0.2, -0.15) is 0 Å². The lowest BCUT2D eigenvalue weighted by atomic mass is 10.1. The molecule has 0 amide bonds. The minimum absolute atomic E-state index is 0.00505. The van der Waals surface area contributed by atoms with Crippen molar-refractivity contribution in [2.75, 3.05) is 25.9 Å². The van der Waals surface area contributed by atoms with Gasteiger partial charge in [-0.05, 0) is 50.9 Å². The van der Waals surface area contributed by atoms with Gasteiger partial charge < -0.3 is 19.2 Å². The Balaban J connectivity index is 1.64. The number of piperidine rings is 1. The zero-order valence-electron chi connectivity index (χ0n) is 17.6. The van der Waals surface area contributed by atoms with Gasteiger partial charge >= 0.3 is 0 Å². The summed E-state index contributed by atoms with van der Waals surface area (Å²) in [5.74, 6) is -0.422. The molecule has 0 aliphatic carbocycles. The normalized spacial score (nSPS) is 15.6. The van der Waals surface area contributed by atoms with E-state index < -0.39 is 15.7 Å². The summed E-state index contributed by atoms with van der Waals surface area (Å²) in [5, 5.41) is 0. The number of benzene rings is 1. The molecule has 3 rings (SSSR count). The van der Waals surface area contributed by atoms with Gasteiger partial charge in [0.25, 0.3) is 0 Å². The van der Waals surface area contributed by atoms with Crippen LogP contribution in [-0.2, 0) is 14.6 Å². The van der Waals surface area contributed by atoms with Gasteiger partial charge in [0.15, 0.2) is 21.4 Å². The molecule has 2 heterocycles. The van der Waals surface area contributed by atoms with Crippen LogP contribution in [0.25, 0.3) is 0 Å². The van der Waals surface area contributed by atoms with Crippen molar-refractivity contribution < 1.29 is 27.1 Å². The van der Waals surface area contributed by atoms with E-state index in [0.29, 0.717) is 17.9 Å². The van der Waals surface area contributed by atoms with Crippen molar-refractivity contribution in [1.29, 1.82) is 0 Å². The van der Waals surface area contributed by atoms with Crippen molar-refractivity contribution in [3.63, 3.8) is 0 Å². The van der Waals surface area contributed by atoms with Gasteiger partial charge in [-0.15, -0.1) is 0 Å². The van der Waals surface area contributed by atoms with Gasteiger partial charge in [0.2, 0.25) is 11.8 Å². The molecule has 168 valence electrons. The Morgan fingerprint density at radius 1 is 1.23 bits per heavy atom. The van der Waals surface area contributed by atoms with Gasteiger partial charge in [0, 0.05) is 25.8 Å². The van der Waals surface area contributed by atoms with E-state index in [1.165, 1.54) is 18.5 Å². The van der Waals surface area contributed by atoms with E-state index in [9.17, 15) is 17.6 Å². The van der Waals surface area contributed by atoms with Crippen LogP contribution < -0.4 is 9.47 Å². The number of unbranched alkanes of at least 4 members (excludes halogenated alkanes) is 1. The number of hydrogen-bond acceptors (Lipinski definition) is 8. The molecule has 0 radical (unpaired) electrons. The summed E-state index contributed by atoms with van der Waals surface area (Å²) < 4.78 is 49.1. The van der Waals surface area contributed by atoms with Crippen molar-refractivity contribution in [2.24, 2.45) is 0 Å². The highest BCUT2D eigenvalue weighted by atomic mass is 32.2. The molecule has 31 heavy (non-hydrogen) atoms. The van der Waals surface area contributed by atoms with Crippen LogP contribution in [0.2, 0.25) is 0 Å². The zero-order valence-corrected chi connectivity index (χ0v) is 18.4. The number of hydrogen-bond donors (Lipinski definition) is 0. The number of carbonyl (C=O) groups excluding carboxylic acids is 1. The first-order valence-electron chi connectivity index (χ1n) is 10.1. The van der Waals surface area contributed by atoms with Crippen molar-refractivity contribution in [1.82, 2.24) is 14.9 Å². The van der Waals surface area contributed by atoms with Crippen LogP contribution in [0.1, 0.15) is 31.2 Å². The maximum Gasteiger partial charge on any atom is 0.229 e.